The smallest absolute Gasteiger partial charge is 0.264 e. The number of halogens is 1. The molecule has 0 aromatic heterocycles. The van der Waals surface area contributed by atoms with Gasteiger partial charge in [-0.25, -0.2) is 8.42 Å². The van der Waals surface area contributed by atoms with Crippen LogP contribution in [0, 0.1) is 0 Å². The van der Waals surface area contributed by atoms with Crippen LogP contribution < -0.4 is 9.62 Å². The van der Waals surface area contributed by atoms with Crippen LogP contribution in [0.2, 0.25) is 5.02 Å². The Labute approximate surface area is 236 Å². The lowest BCUT2D eigenvalue weighted by Crippen LogP contribution is -2.53. The quantitative estimate of drug-likeness (QED) is 0.315. The Morgan fingerprint density at radius 3 is 2.00 bits per heavy atom. The molecule has 0 spiro atoms. The van der Waals surface area contributed by atoms with Gasteiger partial charge in [-0.1, -0.05) is 67.9 Å². The van der Waals surface area contributed by atoms with E-state index in [0.717, 1.165) is 21.9 Å². The molecule has 208 valence electrons. The van der Waals surface area contributed by atoms with E-state index in [0.29, 0.717) is 17.1 Å². The van der Waals surface area contributed by atoms with E-state index in [4.69, 9.17) is 11.6 Å². The summed E-state index contributed by atoms with van der Waals surface area (Å²) in [7, 11) is -4.08. The number of aryl methyl sites for hydroxylation is 1. The summed E-state index contributed by atoms with van der Waals surface area (Å²) in [5.41, 5.74) is 2.19. The van der Waals surface area contributed by atoms with E-state index >= 15 is 0 Å². The van der Waals surface area contributed by atoms with Crippen LogP contribution in [0.3, 0.4) is 0 Å². The molecule has 3 rings (SSSR count). The number of nitrogens with zero attached hydrogens (tertiary/aromatic N) is 2. The van der Waals surface area contributed by atoms with E-state index in [-0.39, 0.29) is 23.4 Å². The number of carbonyl (C=O) groups is 2. The molecule has 2 amide bonds. The van der Waals surface area contributed by atoms with Gasteiger partial charge in [-0.05, 0) is 74.2 Å². The summed E-state index contributed by atoms with van der Waals surface area (Å²) >= 11 is 6.06. The van der Waals surface area contributed by atoms with Crippen molar-refractivity contribution in [1.82, 2.24) is 10.2 Å². The maximum atomic E-state index is 14.0. The van der Waals surface area contributed by atoms with Gasteiger partial charge in [0.15, 0.2) is 0 Å². The zero-order chi connectivity index (χ0) is 28.6. The highest BCUT2D eigenvalue weighted by molar-refractivity contribution is 7.92. The van der Waals surface area contributed by atoms with E-state index in [1.54, 1.807) is 54.6 Å². The summed E-state index contributed by atoms with van der Waals surface area (Å²) in [4.78, 5) is 28.7. The minimum absolute atomic E-state index is 0.0752. The minimum Gasteiger partial charge on any atom is -0.352 e. The molecule has 0 saturated heterocycles. The normalized spacial score (nSPS) is 12.2. The van der Waals surface area contributed by atoms with Gasteiger partial charge in [0, 0.05) is 17.6 Å². The maximum Gasteiger partial charge on any atom is 0.264 e. The number of hydrogen-bond acceptors (Lipinski definition) is 4. The zero-order valence-corrected chi connectivity index (χ0v) is 24.4. The lowest BCUT2D eigenvalue weighted by Gasteiger charge is -2.33. The molecule has 9 heteroatoms. The van der Waals surface area contributed by atoms with Gasteiger partial charge in [-0.3, -0.25) is 13.9 Å². The van der Waals surface area contributed by atoms with Crippen LogP contribution in [0.4, 0.5) is 5.69 Å². The standard InChI is InChI=1S/C30H36ClN3O4S/c1-5-23-14-18-26(19-15-23)34(39(37,38)27-10-8-7-9-11-27)21-29(35)33(20-24-12-16-25(31)17-13-24)28(6-2)30(36)32-22(3)4/h7-19,22,28H,5-6,20-21H2,1-4H3,(H,32,36). The van der Waals surface area contributed by atoms with Crippen molar-refractivity contribution in [2.45, 2.75) is 64.1 Å². The van der Waals surface area contributed by atoms with Crippen LogP contribution in [0.25, 0.3) is 0 Å². The number of benzene rings is 3. The molecule has 3 aromatic carbocycles. The molecule has 0 aliphatic carbocycles. The molecule has 0 heterocycles. The first-order chi connectivity index (χ1) is 18.6. The number of nitrogens with one attached hydrogen (secondary N) is 1. The van der Waals surface area contributed by atoms with E-state index in [1.165, 1.54) is 17.0 Å². The van der Waals surface area contributed by atoms with Crippen LogP contribution in [0.5, 0.6) is 0 Å². The van der Waals surface area contributed by atoms with Crippen LogP contribution >= 0.6 is 11.6 Å². The molecular weight excluding hydrogens is 534 g/mol. The van der Waals surface area contributed by atoms with Crippen molar-refractivity contribution in [1.29, 1.82) is 0 Å². The molecule has 0 radical (unpaired) electrons. The SMILES string of the molecule is CCc1ccc(N(CC(=O)N(Cc2ccc(Cl)cc2)C(CC)C(=O)NC(C)C)S(=O)(=O)c2ccccc2)cc1. The maximum absolute atomic E-state index is 14.0. The second-order valence-electron chi connectivity index (χ2n) is 9.58. The third-order valence-corrected chi connectivity index (χ3v) is 8.37. The largest absolute Gasteiger partial charge is 0.352 e. The Morgan fingerprint density at radius 2 is 1.46 bits per heavy atom. The second kappa shape index (κ2) is 13.6. The fourth-order valence-electron chi connectivity index (χ4n) is 4.23. The third kappa shape index (κ3) is 7.83. The molecule has 1 atom stereocenters. The van der Waals surface area contributed by atoms with Crippen molar-refractivity contribution in [3.63, 3.8) is 0 Å². The minimum atomic E-state index is -4.08. The van der Waals surface area contributed by atoms with Crippen molar-refractivity contribution in [2.24, 2.45) is 0 Å². The van der Waals surface area contributed by atoms with Gasteiger partial charge in [-0.15, -0.1) is 0 Å². The molecule has 1 unspecified atom stereocenters. The first-order valence-corrected chi connectivity index (χ1v) is 14.9. The average Bonchev–Trinajstić information content (AvgIpc) is 2.92. The lowest BCUT2D eigenvalue weighted by atomic mass is 10.1. The van der Waals surface area contributed by atoms with Crippen LogP contribution in [0.15, 0.2) is 83.8 Å². The van der Waals surface area contributed by atoms with Gasteiger partial charge in [0.1, 0.15) is 12.6 Å². The summed E-state index contributed by atoms with van der Waals surface area (Å²) in [6.07, 6.45) is 1.15. The van der Waals surface area contributed by atoms with Crippen LogP contribution in [-0.2, 0) is 32.6 Å². The molecule has 0 saturated carbocycles. The number of amides is 2. The first kappa shape index (κ1) is 30.2. The van der Waals surface area contributed by atoms with Crippen LogP contribution in [0.1, 0.15) is 45.2 Å². The van der Waals surface area contributed by atoms with Gasteiger partial charge >= 0.3 is 0 Å². The Kier molecular flexibility index (Phi) is 10.5. The molecule has 0 aliphatic rings. The Morgan fingerprint density at radius 1 is 0.872 bits per heavy atom. The number of anilines is 1. The van der Waals surface area contributed by atoms with E-state index in [2.05, 4.69) is 5.32 Å². The molecular formula is C30H36ClN3O4S. The average molecular weight is 570 g/mol. The van der Waals surface area contributed by atoms with E-state index in [9.17, 15) is 18.0 Å². The summed E-state index contributed by atoms with van der Waals surface area (Å²) in [6, 6.07) is 21.2. The first-order valence-electron chi connectivity index (χ1n) is 13.1. The Bertz CT molecular complexity index is 1350. The summed E-state index contributed by atoms with van der Waals surface area (Å²) < 4.78 is 28.8. The van der Waals surface area contributed by atoms with Gasteiger partial charge in [0.25, 0.3) is 10.0 Å². The van der Waals surface area contributed by atoms with Gasteiger partial charge < -0.3 is 10.2 Å². The van der Waals surface area contributed by atoms with Crippen molar-refractivity contribution in [2.75, 3.05) is 10.8 Å². The fourth-order valence-corrected chi connectivity index (χ4v) is 5.79. The van der Waals surface area contributed by atoms with Crippen molar-refractivity contribution in [3.05, 3.63) is 95.0 Å². The van der Waals surface area contributed by atoms with Crippen molar-refractivity contribution >= 4 is 39.1 Å². The molecule has 0 fully saturated rings. The number of hydrogen-bond donors (Lipinski definition) is 1. The molecule has 3 aromatic rings. The second-order valence-corrected chi connectivity index (χ2v) is 11.9. The summed E-state index contributed by atoms with van der Waals surface area (Å²) in [6.45, 7) is 7.19. The molecule has 0 aliphatic heterocycles. The highest BCUT2D eigenvalue weighted by Crippen LogP contribution is 2.25. The summed E-state index contributed by atoms with van der Waals surface area (Å²) in [5, 5.41) is 3.44. The Balaban J connectivity index is 2.05. The van der Waals surface area contributed by atoms with Crippen molar-refractivity contribution in [3.8, 4) is 0 Å². The predicted molar refractivity (Wildman–Crippen MR) is 156 cm³/mol. The predicted octanol–water partition coefficient (Wildman–Crippen LogP) is 5.43. The van der Waals surface area contributed by atoms with Crippen molar-refractivity contribution < 1.29 is 18.0 Å². The number of rotatable bonds is 12. The fraction of sp³-hybridized carbons (Fsp3) is 0.333. The third-order valence-electron chi connectivity index (χ3n) is 6.33. The monoisotopic (exact) mass is 569 g/mol. The molecule has 39 heavy (non-hydrogen) atoms. The topological polar surface area (TPSA) is 86.8 Å². The zero-order valence-electron chi connectivity index (χ0n) is 22.8. The van der Waals surface area contributed by atoms with Gasteiger partial charge in [0.05, 0.1) is 10.6 Å². The molecule has 1 N–H and O–H groups in total. The van der Waals surface area contributed by atoms with Gasteiger partial charge in [0.2, 0.25) is 11.8 Å². The lowest BCUT2D eigenvalue weighted by molar-refractivity contribution is -0.140. The van der Waals surface area contributed by atoms with E-state index < -0.39 is 28.5 Å². The number of sulfonamides is 1. The molecule has 7 nitrogen and oxygen atoms in total. The Hall–Kier alpha value is -3.36. The van der Waals surface area contributed by atoms with E-state index in [1.807, 2.05) is 39.8 Å². The summed E-state index contributed by atoms with van der Waals surface area (Å²) in [5.74, 6) is -0.783. The number of carbonyl (C=O) groups excluding carboxylic acids is 2. The highest BCUT2D eigenvalue weighted by Gasteiger charge is 2.33. The molecule has 0 bridgehead atoms. The van der Waals surface area contributed by atoms with Crippen LogP contribution in [-0.4, -0.2) is 43.8 Å². The highest BCUT2D eigenvalue weighted by atomic mass is 35.5. The van der Waals surface area contributed by atoms with Gasteiger partial charge in [-0.2, -0.15) is 0 Å².